The summed E-state index contributed by atoms with van der Waals surface area (Å²) in [7, 11) is 0. The molecule has 0 aliphatic carbocycles. The van der Waals surface area contributed by atoms with Crippen molar-refractivity contribution in [1.29, 1.82) is 0 Å². The zero-order valence-corrected chi connectivity index (χ0v) is 9.08. The molecule has 0 fully saturated rings. The van der Waals surface area contributed by atoms with Crippen LogP contribution in [0.5, 0.6) is 5.75 Å². The second kappa shape index (κ2) is 5.46. The molecule has 0 radical (unpaired) electrons. The van der Waals surface area contributed by atoms with Crippen LogP contribution >= 0.6 is 15.9 Å². The highest BCUT2D eigenvalue weighted by molar-refractivity contribution is 9.08. The fourth-order valence-corrected chi connectivity index (χ4v) is 1.37. The number of carbonyl (C=O) groups excluding carboxylic acids is 1. The van der Waals surface area contributed by atoms with Gasteiger partial charge in [-0.1, -0.05) is 27.9 Å². The van der Waals surface area contributed by atoms with Gasteiger partial charge in [0.2, 0.25) is 0 Å². The minimum atomic E-state index is 0.175. The van der Waals surface area contributed by atoms with Crippen LogP contribution in [0.2, 0.25) is 0 Å². The van der Waals surface area contributed by atoms with E-state index in [4.69, 9.17) is 11.2 Å². The van der Waals surface area contributed by atoms with E-state index in [2.05, 4.69) is 21.9 Å². The summed E-state index contributed by atoms with van der Waals surface area (Å²) in [6.07, 6.45) is 5.82. The summed E-state index contributed by atoms with van der Waals surface area (Å²) >= 11 is 3.31. The molecule has 3 heteroatoms. The van der Waals surface area contributed by atoms with E-state index >= 15 is 0 Å². The van der Waals surface area contributed by atoms with Crippen molar-refractivity contribution in [3.05, 3.63) is 29.3 Å². The van der Waals surface area contributed by atoms with E-state index in [-0.39, 0.29) is 6.61 Å². The summed E-state index contributed by atoms with van der Waals surface area (Å²) < 4.78 is 5.19. The Hall–Kier alpha value is -1.27. The Labute approximate surface area is 91.4 Å². The Morgan fingerprint density at radius 3 is 2.93 bits per heavy atom. The van der Waals surface area contributed by atoms with E-state index in [0.29, 0.717) is 16.6 Å². The lowest BCUT2D eigenvalue weighted by Crippen LogP contribution is -1.97. The first kappa shape index (κ1) is 10.8. The first-order valence-corrected chi connectivity index (χ1v) is 5.14. The van der Waals surface area contributed by atoms with Crippen LogP contribution in [0.4, 0.5) is 0 Å². The second-order valence-electron chi connectivity index (χ2n) is 2.62. The summed E-state index contributed by atoms with van der Waals surface area (Å²) in [5.41, 5.74) is 1.55. The Morgan fingerprint density at radius 1 is 1.57 bits per heavy atom. The molecule has 0 aliphatic rings. The molecule has 0 atom stereocenters. The largest absolute Gasteiger partial charge is 0.480 e. The van der Waals surface area contributed by atoms with Crippen molar-refractivity contribution in [2.75, 3.05) is 6.61 Å². The highest BCUT2D eigenvalue weighted by atomic mass is 79.9. The molecular formula is C11H9BrO2. The third-order valence-electron chi connectivity index (χ3n) is 1.67. The van der Waals surface area contributed by atoms with Crippen LogP contribution in [-0.4, -0.2) is 12.9 Å². The molecule has 2 nitrogen and oxygen atoms in total. The third-order valence-corrected chi connectivity index (χ3v) is 2.31. The molecule has 0 aromatic heterocycles. The summed E-state index contributed by atoms with van der Waals surface area (Å²) in [4.78, 5) is 10.7. The number of hydrogen-bond acceptors (Lipinski definition) is 2. The lowest BCUT2D eigenvalue weighted by atomic mass is 10.1. The van der Waals surface area contributed by atoms with E-state index in [0.717, 1.165) is 11.8 Å². The maximum absolute atomic E-state index is 10.7. The zero-order chi connectivity index (χ0) is 10.4. The van der Waals surface area contributed by atoms with Crippen molar-refractivity contribution in [2.24, 2.45) is 0 Å². The zero-order valence-electron chi connectivity index (χ0n) is 7.50. The number of benzene rings is 1. The summed E-state index contributed by atoms with van der Waals surface area (Å²) in [6, 6.07) is 5.40. The van der Waals surface area contributed by atoms with Crippen molar-refractivity contribution in [3.8, 4) is 18.1 Å². The molecular weight excluding hydrogens is 244 g/mol. The highest BCUT2D eigenvalue weighted by Crippen LogP contribution is 2.19. The summed E-state index contributed by atoms with van der Waals surface area (Å²) in [5.74, 6) is 2.88. The molecule has 0 aliphatic heterocycles. The first-order valence-electron chi connectivity index (χ1n) is 4.02. The van der Waals surface area contributed by atoms with Crippen LogP contribution in [0.15, 0.2) is 18.2 Å². The van der Waals surface area contributed by atoms with Gasteiger partial charge < -0.3 is 4.74 Å². The summed E-state index contributed by atoms with van der Waals surface area (Å²) in [6.45, 7) is 0.175. The van der Waals surface area contributed by atoms with Gasteiger partial charge in [-0.25, -0.2) is 0 Å². The number of ether oxygens (including phenoxy) is 1. The number of halogens is 1. The molecule has 1 aromatic rings. The number of aldehydes is 1. The second-order valence-corrected chi connectivity index (χ2v) is 3.18. The third kappa shape index (κ3) is 2.61. The van der Waals surface area contributed by atoms with E-state index < -0.39 is 0 Å². The highest BCUT2D eigenvalue weighted by Gasteiger charge is 2.03. The molecule has 1 rings (SSSR count). The lowest BCUT2D eigenvalue weighted by molar-refractivity contribution is 0.112. The van der Waals surface area contributed by atoms with Crippen molar-refractivity contribution < 1.29 is 9.53 Å². The lowest BCUT2D eigenvalue weighted by Gasteiger charge is -2.06. The van der Waals surface area contributed by atoms with Gasteiger partial charge in [-0.05, 0) is 17.7 Å². The molecule has 0 heterocycles. The molecule has 0 saturated carbocycles. The first-order chi connectivity index (χ1) is 6.81. The molecule has 0 amide bonds. The Bertz CT molecular complexity index is 366. The molecule has 1 aromatic carbocycles. The van der Waals surface area contributed by atoms with Crippen LogP contribution in [0.1, 0.15) is 15.9 Å². The van der Waals surface area contributed by atoms with E-state index in [1.54, 1.807) is 12.1 Å². The van der Waals surface area contributed by atoms with Gasteiger partial charge in [-0.2, -0.15) is 0 Å². The van der Waals surface area contributed by atoms with Crippen molar-refractivity contribution in [3.63, 3.8) is 0 Å². The van der Waals surface area contributed by atoms with Gasteiger partial charge in [0.05, 0.1) is 5.56 Å². The molecule has 14 heavy (non-hydrogen) atoms. The van der Waals surface area contributed by atoms with Crippen LogP contribution in [0.3, 0.4) is 0 Å². The van der Waals surface area contributed by atoms with Gasteiger partial charge >= 0.3 is 0 Å². The van der Waals surface area contributed by atoms with Crippen LogP contribution in [-0.2, 0) is 5.33 Å². The van der Waals surface area contributed by atoms with E-state index in [1.165, 1.54) is 0 Å². The number of terminal acetylenes is 1. The maximum Gasteiger partial charge on any atom is 0.153 e. The quantitative estimate of drug-likeness (QED) is 0.468. The number of carbonyl (C=O) groups is 1. The molecule has 0 unspecified atom stereocenters. The van der Waals surface area contributed by atoms with Gasteiger partial charge in [-0.3, -0.25) is 4.79 Å². The minimum Gasteiger partial charge on any atom is -0.480 e. The van der Waals surface area contributed by atoms with Crippen molar-refractivity contribution in [2.45, 2.75) is 5.33 Å². The van der Waals surface area contributed by atoms with Crippen LogP contribution in [0.25, 0.3) is 0 Å². The van der Waals surface area contributed by atoms with E-state index in [1.807, 2.05) is 6.07 Å². The number of alkyl halides is 1. The molecule has 72 valence electrons. The predicted molar refractivity (Wildman–Crippen MR) is 58.8 cm³/mol. The topological polar surface area (TPSA) is 26.3 Å². The normalized spacial score (nSPS) is 9.14. The monoisotopic (exact) mass is 252 g/mol. The van der Waals surface area contributed by atoms with Crippen LogP contribution < -0.4 is 4.74 Å². The standard InChI is InChI=1S/C11H9BrO2/c1-2-5-14-11-4-3-9(7-12)6-10(11)8-13/h1,3-4,6,8H,5,7H2. The average Bonchev–Trinajstić information content (AvgIpc) is 2.26. The fourth-order valence-electron chi connectivity index (χ4n) is 1.02. The van der Waals surface area contributed by atoms with Crippen LogP contribution in [0, 0.1) is 12.3 Å². The van der Waals surface area contributed by atoms with Gasteiger partial charge in [0.1, 0.15) is 12.4 Å². The summed E-state index contributed by atoms with van der Waals surface area (Å²) in [5, 5.41) is 0.712. The fraction of sp³-hybridized carbons (Fsp3) is 0.182. The Balaban J connectivity index is 2.94. The minimum absolute atomic E-state index is 0.175. The van der Waals surface area contributed by atoms with Crippen molar-refractivity contribution in [1.82, 2.24) is 0 Å². The number of hydrogen-bond donors (Lipinski definition) is 0. The maximum atomic E-state index is 10.7. The predicted octanol–water partition coefficient (Wildman–Crippen LogP) is 2.41. The van der Waals surface area contributed by atoms with E-state index in [9.17, 15) is 4.79 Å². The number of rotatable bonds is 4. The molecule has 0 saturated heterocycles. The van der Waals surface area contributed by atoms with Gasteiger partial charge in [0.25, 0.3) is 0 Å². The SMILES string of the molecule is C#CCOc1ccc(CBr)cc1C=O. The molecule has 0 N–H and O–H groups in total. The average molecular weight is 253 g/mol. The molecule has 0 spiro atoms. The van der Waals surface area contributed by atoms with Gasteiger partial charge in [0, 0.05) is 5.33 Å². The molecule has 0 bridgehead atoms. The smallest absolute Gasteiger partial charge is 0.153 e. The Kier molecular flexibility index (Phi) is 4.21. The Morgan fingerprint density at radius 2 is 2.36 bits per heavy atom. The van der Waals surface area contributed by atoms with Crippen molar-refractivity contribution >= 4 is 22.2 Å². The van der Waals surface area contributed by atoms with Gasteiger partial charge in [-0.15, -0.1) is 6.42 Å². The van der Waals surface area contributed by atoms with Gasteiger partial charge in [0.15, 0.2) is 6.29 Å².